The van der Waals surface area contributed by atoms with Crippen molar-refractivity contribution >= 4 is 23.6 Å². The van der Waals surface area contributed by atoms with Crippen LogP contribution >= 0.6 is 11.8 Å². The number of hydrogen-bond donors (Lipinski definition) is 1. The number of rotatable bonds is 13. The molecule has 0 aromatic heterocycles. The molecule has 2 amide bonds. The Morgan fingerprint density at radius 1 is 0.889 bits per heavy atom. The van der Waals surface area contributed by atoms with Gasteiger partial charge in [0.15, 0.2) is 0 Å². The van der Waals surface area contributed by atoms with E-state index in [1.165, 1.54) is 28.8 Å². The van der Waals surface area contributed by atoms with E-state index in [0.29, 0.717) is 29.8 Å². The summed E-state index contributed by atoms with van der Waals surface area (Å²) in [5.74, 6) is -0.965. The minimum atomic E-state index is -0.814. The molecular formula is C29H32F2N2O2S. The van der Waals surface area contributed by atoms with Gasteiger partial charge in [-0.05, 0) is 29.7 Å². The van der Waals surface area contributed by atoms with Crippen LogP contribution in [0.5, 0.6) is 0 Å². The first-order valence-corrected chi connectivity index (χ1v) is 13.3. The number of hydrogen-bond acceptors (Lipinski definition) is 3. The van der Waals surface area contributed by atoms with Crippen LogP contribution in [-0.2, 0) is 28.3 Å². The van der Waals surface area contributed by atoms with Gasteiger partial charge in [0.25, 0.3) is 0 Å². The number of halogens is 2. The molecule has 0 spiro atoms. The molecule has 190 valence electrons. The fourth-order valence-corrected chi connectivity index (χ4v) is 4.71. The number of carbonyl (C=O) groups is 2. The van der Waals surface area contributed by atoms with E-state index >= 15 is 0 Å². The molecular weight excluding hydrogens is 478 g/mol. The molecule has 0 heterocycles. The fourth-order valence-electron chi connectivity index (χ4n) is 3.82. The number of amides is 2. The molecule has 0 unspecified atom stereocenters. The molecule has 3 rings (SSSR count). The molecule has 0 fully saturated rings. The molecule has 1 atom stereocenters. The van der Waals surface area contributed by atoms with E-state index in [2.05, 4.69) is 5.32 Å². The van der Waals surface area contributed by atoms with Gasteiger partial charge in [0, 0.05) is 30.8 Å². The van der Waals surface area contributed by atoms with E-state index in [1.807, 2.05) is 37.3 Å². The second-order valence-corrected chi connectivity index (χ2v) is 9.53. The molecule has 0 bridgehead atoms. The summed E-state index contributed by atoms with van der Waals surface area (Å²) in [7, 11) is 0. The van der Waals surface area contributed by atoms with E-state index in [9.17, 15) is 18.4 Å². The van der Waals surface area contributed by atoms with E-state index < -0.39 is 11.9 Å². The van der Waals surface area contributed by atoms with Crippen molar-refractivity contribution in [2.75, 3.05) is 12.3 Å². The minimum Gasteiger partial charge on any atom is -0.354 e. The largest absolute Gasteiger partial charge is 0.354 e. The van der Waals surface area contributed by atoms with Crippen LogP contribution in [0.2, 0.25) is 0 Å². The van der Waals surface area contributed by atoms with Crippen molar-refractivity contribution in [3.8, 4) is 0 Å². The Balaban J connectivity index is 1.85. The lowest BCUT2D eigenvalue weighted by Crippen LogP contribution is -2.51. The first-order valence-electron chi connectivity index (χ1n) is 12.1. The van der Waals surface area contributed by atoms with Gasteiger partial charge in [-0.25, -0.2) is 8.78 Å². The molecule has 0 aliphatic carbocycles. The quantitative estimate of drug-likeness (QED) is 0.298. The molecule has 36 heavy (non-hydrogen) atoms. The van der Waals surface area contributed by atoms with Gasteiger partial charge in [-0.15, -0.1) is 11.8 Å². The van der Waals surface area contributed by atoms with Crippen LogP contribution in [0.15, 0.2) is 78.9 Å². The summed E-state index contributed by atoms with van der Waals surface area (Å²) >= 11 is 1.27. The lowest BCUT2D eigenvalue weighted by molar-refractivity contribution is -0.139. The summed E-state index contributed by atoms with van der Waals surface area (Å²) in [6, 6.07) is 21.4. The van der Waals surface area contributed by atoms with Gasteiger partial charge in [-0.3, -0.25) is 9.59 Å². The van der Waals surface area contributed by atoms with E-state index in [0.717, 1.165) is 18.4 Å². The zero-order valence-electron chi connectivity index (χ0n) is 20.5. The second-order valence-electron chi connectivity index (χ2n) is 8.55. The maximum absolute atomic E-state index is 14.6. The second kappa shape index (κ2) is 14.4. The number of thioether (sulfide) groups is 1. The third kappa shape index (κ3) is 8.19. The van der Waals surface area contributed by atoms with Crippen molar-refractivity contribution in [1.82, 2.24) is 10.2 Å². The van der Waals surface area contributed by atoms with Gasteiger partial charge in [-0.2, -0.15) is 0 Å². The van der Waals surface area contributed by atoms with Crippen LogP contribution in [0, 0.1) is 11.6 Å². The zero-order chi connectivity index (χ0) is 25.8. The van der Waals surface area contributed by atoms with Crippen LogP contribution in [0.4, 0.5) is 8.78 Å². The molecule has 1 N–H and O–H groups in total. The fraction of sp³-hybridized carbons (Fsp3) is 0.310. The van der Waals surface area contributed by atoms with Gasteiger partial charge in [0.2, 0.25) is 11.8 Å². The molecule has 3 aromatic carbocycles. The molecule has 3 aromatic rings. The van der Waals surface area contributed by atoms with Crippen LogP contribution in [0.25, 0.3) is 0 Å². The Labute approximate surface area is 216 Å². The summed E-state index contributed by atoms with van der Waals surface area (Å²) in [5, 5.41) is 2.95. The van der Waals surface area contributed by atoms with Gasteiger partial charge in [0.1, 0.15) is 17.7 Å². The average Bonchev–Trinajstić information content (AvgIpc) is 2.89. The van der Waals surface area contributed by atoms with Crippen molar-refractivity contribution in [1.29, 1.82) is 0 Å². The lowest BCUT2D eigenvalue weighted by Gasteiger charge is -2.31. The predicted octanol–water partition coefficient (Wildman–Crippen LogP) is 5.75. The number of unbranched alkanes of at least 4 members (excludes halogenated alkanes) is 1. The average molecular weight is 511 g/mol. The SMILES string of the molecule is CCCCNC(=O)[C@H](Cc1ccccc1)N(Cc1ccccc1F)C(=O)CSCc1ccccc1F. The lowest BCUT2D eigenvalue weighted by atomic mass is 10.0. The topological polar surface area (TPSA) is 49.4 Å². The van der Waals surface area contributed by atoms with Crippen molar-refractivity contribution in [2.24, 2.45) is 0 Å². The summed E-state index contributed by atoms with van der Waals surface area (Å²) in [5.41, 5.74) is 1.75. The van der Waals surface area contributed by atoms with Crippen molar-refractivity contribution in [3.63, 3.8) is 0 Å². The summed E-state index contributed by atoms with van der Waals surface area (Å²) in [6.07, 6.45) is 2.05. The Hall–Kier alpha value is -3.19. The molecule has 7 heteroatoms. The van der Waals surface area contributed by atoms with Crippen LogP contribution in [-0.4, -0.2) is 35.1 Å². The maximum Gasteiger partial charge on any atom is 0.243 e. The molecule has 0 aliphatic heterocycles. The third-order valence-electron chi connectivity index (χ3n) is 5.84. The van der Waals surface area contributed by atoms with Crippen LogP contribution < -0.4 is 5.32 Å². The highest BCUT2D eigenvalue weighted by Gasteiger charge is 2.30. The van der Waals surface area contributed by atoms with E-state index in [4.69, 9.17) is 0 Å². The summed E-state index contributed by atoms with van der Waals surface area (Å²) in [4.78, 5) is 28.3. The number of nitrogens with one attached hydrogen (secondary N) is 1. The highest BCUT2D eigenvalue weighted by atomic mass is 32.2. The summed E-state index contributed by atoms with van der Waals surface area (Å²) in [6.45, 7) is 2.50. The Bertz CT molecular complexity index is 1130. The normalized spacial score (nSPS) is 11.6. The van der Waals surface area contributed by atoms with Crippen molar-refractivity contribution in [2.45, 2.75) is 44.5 Å². The van der Waals surface area contributed by atoms with Gasteiger partial charge < -0.3 is 10.2 Å². The number of carbonyl (C=O) groups excluding carboxylic acids is 2. The molecule has 0 radical (unpaired) electrons. The standard InChI is InChI=1S/C29H32F2N2O2S/c1-2-3-17-32-29(35)27(18-22-11-5-4-6-12-22)33(19-23-13-7-9-15-25(23)30)28(34)21-36-20-24-14-8-10-16-26(24)31/h4-16,27H,2-3,17-21H2,1H3,(H,32,35)/t27-/m0/s1. The predicted molar refractivity (Wildman–Crippen MR) is 141 cm³/mol. The van der Waals surface area contributed by atoms with E-state index in [1.54, 1.807) is 36.4 Å². The maximum atomic E-state index is 14.6. The number of benzene rings is 3. The number of nitrogens with zero attached hydrogens (tertiary/aromatic N) is 1. The smallest absolute Gasteiger partial charge is 0.243 e. The van der Waals surface area contributed by atoms with Crippen molar-refractivity contribution < 1.29 is 18.4 Å². The first-order chi connectivity index (χ1) is 17.5. The highest BCUT2D eigenvalue weighted by molar-refractivity contribution is 7.99. The van der Waals surface area contributed by atoms with Crippen LogP contribution in [0.1, 0.15) is 36.5 Å². The third-order valence-corrected chi connectivity index (χ3v) is 6.81. The molecule has 4 nitrogen and oxygen atoms in total. The monoisotopic (exact) mass is 510 g/mol. The molecule has 0 saturated heterocycles. The summed E-state index contributed by atoms with van der Waals surface area (Å²) < 4.78 is 28.6. The highest BCUT2D eigenvalue weighted by Crippen LogP contribution is 2.20. The van der Waals surface area contributed by atoms with E-state index in [-0.39, 0.29) is 29.9 Å². The van der Waals surface area contributed by atoms with Gasteiger partial charge in [0.05, 0.1) is 5.75 Å². The Morgan fingerprint density at radius 2 is 1.50 bits per heavy atom. The van der Waals surface area contributed by atoms with Gasteiger partial charge >= 0.3 is 0 Å². The molecule has 0 saturated carbocycles. The Kier molecular flexibility index (Phi) is 11.0. The first kappa shape index (κ1) is 27.4. The Morgan fingerprint density at radius 3 is 2.14 bits per heavy atom. The van der Waals surface area contributed by atoms with Crippen LogP contribution in [0.3, 0.4) is 0 Å². The minimum absolute atomic E-state index is 0.0372. The van der Waals surface area contributed by atoms with Crippen molar-refractivity contribution in [3.05, 3.63) is 107 Å². The molecule has 0 aliphatic rings. The van der Waals surface area contributed by atoms with Gasteiger partial charge in [-0.1, -0.05) is 80.1 Å². The zero-order valence-corrected chi connectivity index (χ0v) is 21.3.